The molecule has 1 atom stereocenters. The van der Waals surface area contributed by atoms with Gasteiger partial charge < -0.3 is 5.11 Å². The van der Waals surface area contributed by atoms with Crippen LogP contribution in [0.2, 0.25) is 0 Å². The fourth-order valence-corrected chi connectivity index (χ4v) is 1.37. The first-order valence-electron chi connectivity index (χ1n) is 4.72. The molecule has 0 saturated heterocycles. The van der Waals surface area contributed by atoms with E-state index in [1.165, 1.54) is 6.08 Å². The minimum absolute atomic E-state index is 0.656. The van der Waals surface area contributed by atoms with E-state index in [0.29, 0.717) is 5.69 Å². The number of H-pyrrole nitrogens is 1. The van der Waals surface area contributed by atoms with Crippen molar-refractivity contribution < 1.29 is 5.11 Å². The summed E-state index contributed by atoms with van der Waals surface area (Å²) in [4.78, 5) is 0. The van der Waals surface area contributed by atoms with Crippen LogP contribution in [0.3, 0.4) is 0 Å². The highest BCUT2D eigenvalue weighted by Crippen LogP contribution is 2.20. The molecule has 0 aliphatic rings. The summed E-state index contributed by atoms with van der Waals surface area (Å²) < 4.78 is 0. The molecule has 3 nitrogen and oxygen atoms in total. The molecule has 0 radical (unpaired) electrons. The van der Waals surface area contributed by atoms with Crippen LogP contribution in [0.25, 0.3) is 11.3 Å². The summed E-state index contributed by atoms with van der Waals surface area (Å²) in [5.74, 6) is 0. The molecule has 2 N–H and O–H groups in total. The Kier molecular flexibility index (Phi) is 2.65. The number of hydrogen-bond donors (Lipinski definition) is 2. The van der Waals surface area contributed by atoms with Crippen molar-refractivity contribution in [2.24, 2.45) is 0 Å². The highest BCUT2D eigenvalue weighted by Gasteiger charge is 2.07. The van der Waals surface area contributed by atoms with E-state index >= 15 is 0 Å². The summed E-state index contributed by atoms with van der Waals surface area (Å²) in [7, 11) is 0. The van der Waals surface area contributed by atoms with Gasteiger partial charge in [-0.1, -0.05) is 36.4 Å². The second-order valence-corrected chi connectivity index (χ2v) is 3.26. The van der Waals surface area contributed by atoms with Crippen LogP contribution in [0.5, 0.6) is 0 Å². The minimum atomic E-state index is -0.685. The van der Waals surface area contributed by atoms with Crippen LogP contribution in [0, 0.1) is 0 Å². The molecule has 0 aliphatic carbocycles. The first kappa shape index (κ1) is 9.68. The third-order valence-electron chi connectivity index (χ3n) is 2.21. The molecule has 0 amide bonds. The topological polar surface area (TPSA) is 48.9 Å². The zero-order valence-electron chi connectivity index (χ0n) is 8.22. The largest absolute Gasteiger partial charge is 0.383 e. The fourth-order valence-electron chi connectivity index (χ4n) is 1.37. The van der Waals surface area contributed by atoms with Crippen LogP contribution in [-0.2, 0) is 0 Å². The molecule has 15 heavy (non-hydrogen) atoms. The number of aliphatic hydroxyl groups excluding tert-OH is 1. The van der Waals surface area contributed by atoms with E-state index in [0.717, 1.165) is 11.3 Å². The Hall–Kier alpha value is -1.87. The van der Waals surface area contributed by atoms with E-state index in [1.54, 1.807) is 0 Å². The number of hydrogen-bond acceptors (Lipinski definition) is 2. The molecule has 3 heteroatoms. The average Bonchev–Trinajstić information content (AvgIpc) is 2.78. The van der Waals surface area contributed by atoms with Gasteiger partial charge in [0.05, 0.1) is 11.4 Å². The Bertz CT molecular complexity index is 448. The lowest BCUT2D eigenvalue weighted by Gasteiger charge is -1.98. The van der Waals surface area contributed by atoms with Crippen molar-refractivity contribution in [1.29, 1.82) is 0 Å². The van der Waals surface area contributed by atoms with Gasteiger partial charge in [0, 0.05) is 5.56 Å². The Balaban J connectivity index is 2.32. The molecular formula is C12H12N2O. The van der Waals surface area contributed by atoms with E-state index < -0.39 is 6.10 Å². The van der Waals surface area contributed by atoms with Gasteiger partial charge in [-0.25, -0.2) is 0 Å². The van der Waals surface area contributed by atoms with Gasteiger partial charge in [-0.05, 0) is 6.07 Å². The molecule has 0 saturated carbocycles. The molecule has 0 fully saturated rings. The first-order chi connectivity index (χ1) is 7.31. The van der Waals surface area contributed by atoms with Gasteiger partial charge >= 0.3 is 0 Å². The monoisotopic (exact) mass is 200 g/mol. The molecule has 0 aliphatic heterocycles. The Labute approximate surface area is 88.1 Å². The fraction of sp³-hybridized carbons (Fsp3) is 0.0833. The molecule has 76 valence electrons. The van der Waals surface area contributed by atoms with Crippen LogP contribution in [0.15, 0.2) is 49.1 Å². The maximum absolute atomic E-state index is 9.50. The second-order valence-electron chi connectivity index (χ2n) is 3.26. The smallest absolute Gasteiger partial charge is 0.113 e. The highest BCUT2D eigenvalue weighted by molar-refractivity contribution is 5.59. The predicted octanol–water partition coefficient (Wildman–Crippen LogP) is 2.30. The number of aromatic amines is 1. The van der Waals surface area contributed by atoms with E-state index in [4.69, 9.17) is 0 Å². The summed E-state index contributed by atoms with van der Waals surface area (Å²) in [6.45, 7) is 3.52. The SMILES string of the molecule is C=CC(O)c1cc(-c2ccccc2)n[nH]1. The van der Waals surface area contributed by atoms with E-state index in [9.17, 15) is 5.11 Å². The standard InChI is InChI=1S/C12H12N2O/c1-2-12(15)11-8-10(13-14-11)9-6-4-3-5-7-9/h2-8,12,15H,1H2,(H,13,14). The predicted molar refractivity (Wildman–Crippen MR) is 59.2 cm³/mol. The molecule has 1 aromatic carbocycles. The van der Waals surface area contributed by atoms with Gasteiger partial charge in [-0.3, -0.25) is 5.10 Å². The number of benzene rings is 1. The minimum Gasteiger partial charge on any atom is -0.383 e. The number of rotatable bonds is 3. The molecule has 1 heterocycles. The van der Waals surface area contributed by atoms with Crippen molar-refractivity contribution in [3.05, 3.63) is 54.7 Å². The van der Waals surface area contributed by atoms with Gasteiger partial charge in [0.2, 0.25) is 0 Å². The van der Waals surface area contributed by atoms with E-state index in [1.807, 2.05) is 36.4 Å². The van der Waals surface area contributed by atoms with Crippen molar-refractivity contribution in [2.75, 3.05) is 0 Å². The van der Waals surface area contributed by atoms with Crippen LogP contribution in [0.1, 0.15) is 11.8 Å². The lowest BCUT2D eigenvalue weighted by atomic mass is 10.1. The molecule has 1 unspecified atom stereocenters. The summed E-state index contributed by atoms with van der Waals surface area (Å²) in [6.07, 6.45) is 0.775. The lowest BCUT2D eigenvalue weighted by molar-refractivity contribution is 0.224. The third kappa shape index (κ3) is 1.97. The Morgan fingerprint density at radius 2 is 2.07 bits per heavy atom. The van der Waals surface area contributed by atoms with E-state index in [-0.39, 0.29) is 0 Å². The van der Waals surface area contributed by atoms with Crippen LogP contribution >= 0.6 is 0 Å². The van der Waals surface area contributed by atoms with Crippen molar-refractivity contribution in [3.8, 4) is 11.3 Å². The summed E-state index contributed by atoms with van der Waals surface area (Å²) in [5.41, 5.74) is 2.51. The van der Waals surface area contributed by atoms with Gasteiger partial charge in [-0.15, -0.1) is 6.58 Å². The second kappa shape index (κ2) is 4.11. The van der Waals surface area contributed by atoms with Gasteiger partial charge in [0.1, 0.15) is 6.10 Å². The Morgan fingerprint density at radius 1 is 1.33 bits per heavy atom. The molecule has 0 bridgehead atoms. The number of nitrogens with one attached hydrogen (secondary N) is 1. The lowest BCUT2D eigenvalue weighted by Crippen LogP contribution is -1.91. The highest BCUT2D eigenvalue weighted by atomic mass is 16.3. The van der Waals surface area contributed by atoms with Crippen LogP contribution < -0.4 is 0 Å². The molecule has 2 rings (SSSR count). The average molecular weight is 200 g/mol. The molecule has 1 aromatic heterocycles. The van der Waals surface area contributed by atoms with E-state index in [2.05, 4.69) is 16.8 Å². The van der Waals surface area contributed by atoms with Gasteiger partial charge in [0.25, 0.3) is 0 Å². The summed E-state index contributed by atoms with van der Waals surface area (Å²) >= 11 is 0. The maximum Gasteiger partial charge on any atom is 0.113 e. The normalized spacial score (nSPS) is 12.3. The Morgan fingerprint density at radius 3 is 2.73 bits per heavy atom. The molecular weight excluding hydrogens is 188 g/mol. The van der Waals surface area contributed by atoms with Crippen molar-refractivity contribution in [2.45, 2.75) is 6.10 Å². The van der Waals surface area contributed by atoms with Gasteiger partial charge in [-0.2, -0.15) is 5.10 Å². The van der Waals surface area contributed by atoms with Crippen LogP contribution in [-0.4, -0.2) is 15.3 Å². The zero-order valence-corrected chi connectivity index (χ0v) is 8.22. The quantitative estimate of drug-likeness (QED) is 0.747. The first-order valence-corrected chi connectivity index (χ1v) is 4.72. The summed E-state index contributed by atoms with van der Waals surface area (Å²) in [5, 5.41) is 16.4. The number of nitrogens with zero attached hydrogens (tertiary/aromatic N) is 1. The van der Waals surface area contributed by atoms with Crippen molar-refractivity contribution >= 4 is 0 Å². The molecule has 0 spiro atoms. The zero-order chi connectivity index (χ0) is 10.7. The number of aliphatic hydroxyl groups is 1. The molecule has 2 aromatic rings. The van der Waals surface area contributed by atoms with Gasteiger partial charge in [0.15, 0.2) is 0 Å². The van der Waals surface area contributed by atoms with Crippen LogP contribution in [0.4, 0.5) is 0 Å². The van der Waals surface area contributed by atoms with Crippen molar-refractivity contribution in [1.82, 2.24) is 10.2 Å². The maximum atomic E-state index is 9.50. The van der Waals surface area contributed by atoms with Crippen molar-refractivity contribution in [3.63, 3.8) is 0 Å². The number of aromatic nitrogens is 2. The summed E-state index contributed by atoms with van der Waals surface area (Å²) in [6, 6.07) is 11.6. The third-order valence-corrected chi connectivity index (χ3v) is 2.21.